The Labute approximate surface area is 603 Å². The minimum Gasteiger partial charge on any atom is -0.353 e. The molecule has 0 aliphatic carbocycles. The van der Waals surface area contributed by atoms with Gasteiger partial charge in [0.15, 0.2) is 6.29 Å². The molecule has 7 nitrogen and oxygen atoms in total. The Hall–Kier alpha value is 0.637. The summed E-state index contributed by atoms with van der Waals surface area (Å²) in [6.45, 7) is 15.5. The zero-order chi connectivity index (χ0) is 67.9. The van der Waals surface area contributed by atoms with Gasteiger partial charge < -0.3 is 22.8 Å². The van der Waals surface area contributed by atoms with Crippen molar-refractivity contribution < 1.29 is 32.2 Å². The van der Waals surface area contributed by atoms with Crippen molar-refractivity contribution in [1.29, 1.82) is 0 Å². The highest BCUT2D eigenvalue weighted by Crippen LogP contribution is 2.26. The third kappa shape index (κ3) is 72.4. The molecule has 0 spiro atoms. The van der Waals surface area contributed by atoms with Gasteiger partial charge in [-0.25, -0.2) is 4.89 Å². The normalized spacial score (nSPS) is 13.3. The third-order valence-electron chi connectivity index (χ3n) is 20.3. The van der Waals surface area contributed by atoms with Crippen LogP contribution in [0.25, 0.3) is 0 Å². The molecule has 0 aliphatic rings. The molecule has 0 bridgehead atoms. The lowest BCUT2D eigenvalue weighted by Crippen LogP contribution is -2.50. The smallest absolute Gasteiger partial charge is 0.353 e. The second kappa shape index (κ2) is 82.6. The Morgan fingerprint density at radius 3 is 0.713 bits per heavy atom. The Morgan fingerprint density at radius 2 is 0.436 bits per heavy atom. The van der Waals surface area contributed by atoms with Gasteiger partial charge in [0.2, 0.25) is 0 Å². The fourth-order valence-electron chi connectivity index (χ4n) is 13.8. The van der Waals surface area contributed by atoms with Crippen molar-refractivity contribution in [2.24, 2.45) is 11.8 Å². The van der Waals surface area contributed by atoms with Gasteiger partial charge in [-0.2, -0.15) is 29.8 Å². The van der Waals surface area contributed by atoms with Gasteiger partial charge in [-0.15, -0.1) is 0 Å². The van der Waals surface area contributed by atoms with Crippen LogP contribution in [0.5, 0.6) is 0 Å². The van der Waals surface area contributed by atoms with E-state index >= 15 is 0 Å². The largest absolute Gasteiger partial charge is 0.707 e. The molecule has 3 unspecified atom stereocenters. The van der Waals surface area contributed by atoms with Gasteiger partial charge in [0.1, 0.15) is 0 Å². The van der Waals surface area contributed by atoms with Gasteiger partial charge in [-0.1, -0.05) is 407 Å². The van der Waals surface area contributed by atoms with Crippen LogP contribution in [-0.2, 0) is 32.2 Å². The summed E-state index contributed by atoms with van der Waals surface area (Å²) in [6.07, 6.45) is 89.1. The lowest BCUT2D eigenvalue weighted by atomic mass is 9.95. The number of rotatable bonds is 86. The minimum absolute atomic E-state index is 0.0226. The number of hydrogen-bond donors (Lipinski definition) is 2. The van der Waals surface area contributed by atoms with Crippen molar-refractivity contribution in [3.63, 3.8) is 0 Å². The predicted molar refractivity (Wildman–Crippen MR) is 423 cm³/mol. The van der Waals surface area contributed by atoms with Crippen LogP contribution in [0.3, 0.4) is 0 Å². The Balaban J connectivity index is 5.48. The highest BCUT2D eigenvalue weighted by molar-refractivity contribution is 7.80. The summed E-state index contributed by atoms with van der Waals surface area (Å²) in [7, 11) is -3.60. The topological polar surface area (TPSA) is 64.6 Å². The molecule has 3 atom stereocenters. The van der Waals surface area contributed by atoms with Crippen LogP contribution in [0, 0.1) is 11.8 Å². The van der Waals surface area contributed by atoms with Gasteiger partial charge in [0.25, 0.3) is 0 Å². The van der Waals surface area contributed by atoms with E-state index in [4.69, 9.17) is 57.5 Å². The fraction of sp³-hybridized carbons (Fsp3) is 1.00. The molecular weight excluding hydrogens is 1210 g/mol. The van der Waals surface area contributed by atoms with Crippen molar-refractivity contribution in [2.75, 3.05) is 51.1 Å². The molecule has 0 saturated carbocycles. The number of unbranched alkanes of at least 4 members (excludes halogenated alkanes) is 55. The van der Waals surface area contributed by atoms with E-state index in [0.29, 0.717) is 38.3 Å². The van der Waals surface area contributed by atoms with E-state index in [0.717, 1.165) is 76.1 Å². The molecule has 94 heavy (non-hydrogen) atoms. The zero-order valence-electron chi connectivity index (χ0n) is 64.7. The summed E-state index contributed by atoms with van der Waals surface area (Å²) in [5, 5.41) is 0. The maximum atomic E-state index is 6.91. The number of ether oxygens (including phenoxy) is 2. The highest BCUT2D eigenvalue weighted by atomic mass is 32.1. The summed E-state index contributed by atoms with van der Waals surface area (Å²) in [6, 6.07) is 0. The van der Waals surface area contributed by atoms with E-state index in [1.165, 1.54) is 385 Å². The summed E-state index contributed by atoms with van der Waals surface area (Å²) in [4.78, 5) is 6.26. The SMILES string of the molecule is CCCCCCCCCCCCCCCCO[Si](OCCCCCCCCCCCC)(OCCC(CCS)CCCCCCCCCCC(OCCCCCCCCCCCC)OCCCCCCCCCCCC)OOCCC(CCS)CCCCCCCCCCC. The molecule has 0 N–H and O–H groups in total. The summed E-state index contributed by atoms with van der Waals surface area (Å²) in [5.74, 6) is 2.97. The molecule has 0 saturated heterocycles. The van der Waals surface area contributed by atoms with Crippen LogP contribution >= 0.6 is 25.3 Å². The third-order valence-corrected chi connectivity index (χ3v) is 22.8. The van der Waals surface area contributed by atoms with E-state index in [1.54, 1.807) is 0 Å². The maximum absolute atomic E-state index is 6.91. The zero-order valence-corrected chi connectivity index (χ0v) is 67.5. The van der Waals surface area contributed by atoms with Crippen molar-refractivity contribution in [1.82, 2.24) is 0 Å². The first-order valence-corrected chi connectivity index (χ1v) is 46.1. The fourth-order valence-corrected chi connectivity index (χ4v) is 16.3. The molecule has 0 aliphatic heterocycles. The first-order chi connectivity index (χ1) is 46.5. The molecule has 0 aromatic heterocycles. The molecule has 0 amide bonds. The summed E-state index contributed by atoms with van der Waals surface area (Å²) < 4.78 is 39.9. The number of thiol groups is 2. The Morgan fingerprint density at radius 1 is 0.213 bits per heavy atom. The van der Waals surface area contributed by atoms with E-state index in [2.05, 4.69) is 34.6 Å². The summed E-state index contributed by atoms with van der Waals surface area (Å²) >= 11 is 9.47. The first-order valence-electron chi connectivity index (χ1n) is 43.2. The van der Waals surface area contributed by atoms with E-state index < -0.39 is 9.05 Å². The Bertz CT molecular complexity index is 1330. The van der Waals surface area contributed by atoms with Crippen molar-refractivity contribution in [2.45, 2.75) is 478 Å². The van der Waals surface area contributed by atoms with Crippen molar-refractivity contribution in [3.05, 3.63) is 0 Å². The van der Waals surface area contributed by atoms with E-state index in [9.17, 15) is 0 Å². The molecule has 0 aromatic rings. The molecule has 0 aromatic carbocycles. The molecule has 566 valence electrons. The van der Waals surface area contributed by atoms with Crippen LogP contribution in [-0.4, -0.2) is 66.5 Å². The monoisotopic (exact) mass is 1390 g/mol. The minimum atomic E-state index is -3.60. The van der Waals surface area contributed by atoms with Crippen LogP contribution in [0.2, 0.25) is 0 Å². The van der Waals surface area contributed by atoms with E-state index in [1.807, 2.05) is 0 Å². The van der Waals surface area contributed by atoms with Crippen LogP contribution in [0.15, 0.2) is 0 Å². The average Bonchev–Trinajstić information content (AvgIpc) is 1.30. The Kier molecular flexibility index (Phi) is 83.2. The van der Waals surface area contributed by atoms with Crippen molar-refractivity contribution in [3.8, 4) is 0 Å². The standard InChI is InChI=1S/C84H172O7S2Si/c1-6-11-16-21-26-31-35-36-37-38-45-52-59-66-77-89-94(88-76-65-58-51-44-34-29-24-19-14-9-4,91-87-78-70-82(72-80-92)67-60-53-46-39-30-25-20-15-10-5)90-79-71-83(73-81-93)68-61-54-47-40-41-48-55-62-69-84(85-74-63-56-49-42-32-27-22-17-12-7-2)86-75-64-57-50-43-33-28-23-18-13-8-3/h82-84,92-93H,6-81H2,1-5H3. The summed E-state index contributed by atoms with van der Waals surface area (Å²) in [5.41, 5.74) is 0. The molecule has 10 heteroatoms. The van der Waals surface area contributed by atoms with Crippen LogP contribution < -0.4 is 0 Å². The molecular formula is C84H172O7S2Si. The second-order valence-corrected chi connectivity index (χ2v) is 32.5. The second-order valence-electron chi connectivity index (χ2n) is 29.6. The van der Waals surface area contributed by atoms with Gasteiger partial charge in [-0.05, 0) is 87.5 Å². The molecule has 0 rings (SSSR count). The van der Waals surface area contributed by atoms with Crippen molar-refractivity contribution >= 4 is 34.3 Å². The number of hydrogen-bond acceptors (Lipinski definition) is 9. The average molecular weight is 1390 g/mol. The molecule has 0 fully saturated rings. The van der Waals surface area contributed by atoms with Gasteiger partial charge in [0, 0.05) is 33.0 Å². The quantitative estimate of drug-likeness (QED) is 0.0157. The van der Waals surface area contributed by atoms with Crippen LogP contribution in [0.1, 0.15) is 471 Å². The lowest BCUT2D eigenvalue weighted by molar-refractivity contribution is -0.277. The van der Waals surface area contributed by atoms with Gasteiger partial charge >= 0.3 is 9.05 Å². The molecule has 0 heterocycles. The maximum Gasteiger partial charge on any atom is 0.707 e. The first kappa shape index (κ1) is 94.6. The molecule has 0 radical (unpaired) electrons. The lowest BCUT2D eigenvalue weighted by Gasteiger charge is -2.28. The van der Waals surface area contributed by atoms with Gasteiger partial charge in [-0.3, -0.25) is 0 Å². The highest BCUT2D eigenvalue weighted by Gasteiger charge is 2.48. The van der Waals surface area contributed by atoms with Crippen LogP contribution in [0.4, 0.5) is 0 Å². The van der Waals surface area contributed by atoms with Gasteiger partial charge in [0.05, 0.1) is 6.61 Å². The predicted octanol–water partition coefficient (Wildman–Crippen LogP) is 29.5. The van der Waals surface area contributed by atoms with E-state index in [-0.39, 0.29) is 6.29 Å².